The number of guanidine groups is 1. The van der Waals surface area contributed by atoms with E-state index in [-0.39, 0.29) is 24.0 Å². The molecular formula is C22H41N5O5. The van der Waals surface area contributed by atoms with Crippen LogP contribution in [-0.4, -0.2) is 58.8 Å². The summed E-state index contributed by atoms with van der Waals surface area (Å²) in [7, 11) is 0. The van der Waals surface area contributed by atoms with Gasteiger partial charge in [0.1, 0.15) is 23.1 Å². The largest absolute Gasteiger partial charge is 0.444 e. The second-order valence-corrected chi connectivity index (χ2v) is 10.2. The predicted molar refractivity (Wildman–Crippen MR) is 124 cm³/mol. The second-order valence-electron chi connectivity index (χ2n) is 10.2. The highest BCUT2D eigenvalue weighted by molar-refractivity contribution is 5.99. The van der Waals surface area contributed by atoms with Gasteiger partial charge in [-0.25, -0.2) is 9.59 Å². The monoisotopic (exact) mass is 455 g/mol. The molecule has 0 spiro atoms. The molecular weight excluding hydrogens is 414 g/mol. The van der Waals surface area contributed by atoms with Crippen molar-refractivity contribution in [2.45, 2.75) is 105 Å². The molecule has 2 amide bonds. The number of rotatable bonds is 5. The SMILES string of the molecule is CCC(O/N=C(\N)C(C)C)[C@@H]1CCCN1/C(=N/C(=O)OC(C)(C)C)NC(=O)OC(C)(C)C. The van der Waals surface area contributed by atoms with E-state index in [1.165, 1.54) is 0 Å². The van der Waals surface area contributed by atoms with E-state index in [1.54, 1.807) is 41.5 Å². The van der Waals surface area contributed by atoms with Gasteiger partial charge in [-0.2, -0.15) is 0 Å². The van der Waals surface area contributed by atoms with Crippen molar-refractivity contribution in [3.05, 3.63) is 0 Å². The van der Waals surface area contributed by atoms with E-state index in [2.05, 4.69) is 15.5 Å². The Morgan fingerprint density at radius 2 is 1.72 bits per heavy atom. The van der Waals surface area contributed by atoms with E-state index in [0.29, 0.717) is 18.8 Å². The van der Waals surface area contributed by atoms with Gasteiger partial charge in [-0.3, -0.25) is 5.32 Å². The number of oxime groups is 1. The van der Waals surface area contributed by atoms with Gasteiger partial charge in [-0.1, -0.05) is 25.9 Å². The minimum absolute atomic E-state index is 0.0605. The third kappa shape index (κ3) is 9.74. The minimum Gasteiger partial charge on any atom is -0.444 e. The third-order valence-corrected chi connectivity index (χ3v) is 4.49. The van der Waals surface area contributed by atoms with E-state index >= 15 is 0 Å². The summed E-state index contributed by atoms with van der Waals surface area (Å²) in [6.45, 7) is 16.9. The molecule has 0 saturated carbocycles. The number of nitrogens with one attached hydrogen (secondary N) is 1. The Balaban J connectivity index is 3.17. The van der Waals surface area contributed by atoms with Crippen LogP contribution in [0, 0.1) is 5.92 Å². The number of alkyl carbamates (subject to hydrolysis) is 1. The number of hydrogen-bond acceptors (Lipinski definition) is 6. The smallest absolute Gasteiger partial charge is 0.437 e. The molecule has 0 aromatic rings. The molecule has 0 bridgehead atoms. The van der Waals surface area contributed by atoms with Gasteiger partial charge < -0.3 is 24.9 Å². The van der Waals surface area contributed by atoms with E-state index in [1.807, 2.05) is 25.7 Å². The Kier molecular flexibility index (Phi) is 9.78. The van der Waals surface area contributed by atoms with Gasteiger partial charge in [-0.15, -0.1) is 4.99 Å². The summed E-state index contributed by atoms with van der Waals surface area (Å²) in [5.41, 5.74) is 4.49. The summed E-state index contributed by atoms with van der Waals surface area (Å²) >= 11 is 0. The zero-order valence-corrected chi connectivity index (χ0v) is 21.0. The number of hydrogen-bond donors (Lipinski definition) is 2. The number of carbonyl (C=O) groups excluding carboxylic acids is 2. The first-order valence-electron chi connectivity index (χ1n) is 11.2. The standard InChI is InChI=1S/C22H41N5O5/c1-10-16(32-26-17(23)14(2)3)15-12-11-13-27(15)18(24-19(28)30-21(4,5)6)25-20(29)31-22(7,8)9/h14-16H,10-13H2,1-9H3,(H2,23,26)(H,24,25,28,29)/t15-,16?/m0/s1. The van der Waals surface area contributed by atoms with Crippen LogP contribution in [0.4, 0.5) is 9.59 Å². The molecule has 1 fully saturated rings. The van der Waals surface area contributed by atoms with E-state index in [9.17, 15) is 9.59 Å². The van der Waals surface area contributed by atoms with E-state index in [0.717, 1.165) is 12.8 Å². The molecule has 1 unspecified atom stereocenters. The molecule has 1 rings (SSSR count). The average Bonchev–Trinajstić information content (AvgIpc) is 3.07. The first-order valence-corrected chi connectivity index (χ1v) is 11.2. The van der Waals surface area contributed by atoms with Gasteiger partial charge in [0.15, 0.2) is 0 Å². The summed E-state index contributed by atoms with van der Waals surface area (Å²) in [6.07, 6.45) is 0.448. The normalized spacial score (nSPS) is 19.1. The Morgan fingerprint density at radius 3 is 2.22 bits per heavy atom. The lowest BCUT2D eigenvalue weighted by Gasteiger charge is -2.32. The van der Waals surface area contributed by atoms with E-state index < -0.39 is 23.4 Å². The minimum atomic E-state index is -0.801. The summed E-state index contributed by atoms with van der Waals surface area (Å²) in [4.78, 5) is 36.5. The van der Waals surface area contributed by atoms with Crippen LogP contribution in [0.2, 0.25) is 0 Å². The van der Waals surface area contributed by atoms with Crippen molar-refractivity contribution in [2.75, 3.05) is 6.54 Å². The van der Waals surface area contributed by atoms with Crippen LogP contribution >= 0.6 is 0 Å². The van der Waals surface area contributed by atoms with Crippen molar-refractivity contribution in [3.8, 4) is 0 Å². The molecule has 1 aliphatic heterocycles. The van der Waals surface area contributed by atoms with Gasteiger partial charge >= 0.3 is 12.2 Å². The van der Waals surface area contributed by atoms with Gasteiger partial charge in [0, 0.05) is 12.5 Å². The highest BCUT2D eigenvalue weighted by atomic mass is 16.6. The summed E-state index contributed by atoms with van der Waals surface area (Å²) < 4.78 is 10.7. The molecule has 10 nitrogen and oxygen atoms in total. The molecule has 10 heteroatoms. The highest BCUT2D eigenvalue weighted by Crippen LogP contribution is 2.25. The van der Waals surface area contributed by atoms with Gasteiger partial charge in [-0.05, 0) is 60.8 Å². The number of amides is 2. The predicted octanol–water partition coefficient (Wildman–Crippen LogP) is 3.99. The van der Waals surface area contributed by atoms with Crippen molar-refractivity contribution < 1.29 is 23.9 Å². The molecule has 1 saturated heterocycles. The maximum absolute atomic E-state index is 12.5. The number of ether oxygens (including phenoxy) is 2. The maximum Gasteiger partial charge on any atom is 0.437 e. The molecule has 0 aliphatic carbocycles. The maximum atomic E-state index is 12.5. The molecule has 2 atom stereocenters. The van der Waals surface area contributed by atoms with Crippen molar-refractivity contribution in [3.63, 3.8) is 0 Å². The lowest BCUT2D eigenvalue weighted by Crippen LogP contribution is -2.51. The number of likely N-dealkylation sites (tertiary alicyclic amines) is 1. The van der Waals surface area contributed by atoms with Crippen LogP contribution in [0.3, 0.4) is 0 Å². The average molecular weight is 456 g/mol. The second kappa shape index (κ2) is 11.4. The Hall–Kier alpha value is -2.52. The summed E-state index contributed by atoms with van der Waals surface area (Å²) in [5, 5.41) is 6.70. The van der Waals surface area contributed by atoms with Crippen LogP contribution < -0.4 is 11.1 Å². The number of nitrogens with two attached hydrogens (primary N) is 1. The van der Waals surface area contributed by atoms with Crippen molar-refractivity contribution in [2.24, 2.45) is 21.8 Å². The Labute approximate surface area is 191 Å². The van der Waals surface area contributed by atoms with E-state index in [4.69, 9.17) is 20.0 Å². The summed E-state index contributed by atoms with van der Waals surface area (Å²) in [6, 6.07) is -0.167. The van der Waals surface area contributed by atoms with Crippen LogP contribution in [-0.2, 0) is 14.3 Å². The Morgan fingerprint density at radius 1 is 1.12 bits per heavy atom. The molecule has 184 valence electrons. The fraction of sp³-hybridized carbons (Fsp3) is 0.818. The third-order valence-electron chi connectivity index (χ3n) is 4.49. The summed E-state index contributed by atoms with van der Waals surface area (Å²) in [5.74, 6) is 0.534. The van der Waals surface area contributed by atoms with Gasteiger partial charge in [0.05, 0.1) is 6.04 Å². The molecule has 3 N–H and O–H groups in total. The fourth-order valence-corrected chi connectivity index (χ4v) is 3.02. The zero-order chi connectivity index (χ0) is 24.7. The lowest BCUT2D eigenvalue weighted by atomic mass is 10.1. The highest BCUT2D eigenvalue weighted by Gasteiger charge is 2.36. The number of carbonyl (C=O) groups is 2. The lowest BCUT2D eigenvalue weighted by molar-refractivity contribution is 0.0118. The van der Waals surface area contributed by atoms with Crippen LogP contribution in [0.1, 0.15) is 81.6 Å². The van der Waals surface area contributed by atoms with Crippen molar-refractivity contribution in [1.29, 1.82) is 0 Å². The number of nitrogens with zero attached hydrogens (tertiary/aromatic N) is 3. The fourth-order valence-electron chi connectivity index (χ4n) is 3.02. The number of amidine groups is 1. The Bertz CT molecular complexity index is 706. The molecule has 0 aromatic heterocycles. The molecule has 0 aromatic carbocycles. The molecule has 1 heterocycles. The molecule has 0 radical (unpaired) electrons. The van der Waals surface area contributed by atoms with Crippen LogP contribution in [0.5, 0.6) is 0 Å². The van der Waals surface area contributed by atoms with Crippen LogP contribution in [0.25, 0.3) is 0 Å². The topological polar surface area (TPSA) is 128 Å². The molecule has 32 heavy (non-hydrogen) atoms. The quantitative estimate of drug-likeness (QED) is 0.364. The van der Waals surface area contributed by atoms with Crippen molar-refractivity contribution >= 4 is 24.0 Å². The number of aliphatic imine (C=N–C) groups is 1. The zero-order valence-electron chi connectivity index (χ0n) is 21.0. The van der Waals surface area contributed by atoms with Gasteiger partial charge in [0.25, 0.3) is 0 Å². The van der Waals surface area contributed by atoms with Crippen molar-refractivity contribution in [1.82, 2.24) is 10.2 Å². The van der Waals surface area contributed by atoms with Crippen LogP contribution in [0.15, 0.2) is 10.1 Å². The van der Waals surface area contributed by atoms with Gasteiger partial charge in [0.2, 0.25) is 5.96 Å². The first-order chi connectivity index (χ1) is 14.6. The first kappa shape index (κ1) is 27.5. The molecule has 1 aliphatic rings.